The molecule has 1 fully saturated rings. The van der Waals surface area contributed by atoms with Gasteiger partial charge in [-0.15, -0.1) is 0 Å². The maximum Gasteiger partial charge on any atom is 0.147 e. The van der Waals surface area contributed by atoms with Crippen molar-refractivity contribution in [3.8, 4) is 0 Å². The summed E-state index contributed by atoms with van der Waals surface area (Å²) in [6.07, 6.45) is 1.26. The van der Waals surface area contributed by atoms with Crippen molar-refractivity contribution in [3.63, 3.8) is 0 Å². The monoisotopic (exact) mass is 193 g/mol. The second-order valence-corrected chi connectivity index (χ2v) is 5.42. The molecule has 12 heavy (non-hydrogen) atoms. The van der Waals surface area contributed by atoms with Crippen LogP contribution in [-0.2, 0) is 14.6 Å². The molecule has 0 amide bonds. The summed E-state index contributed by atoms with van der Waals surface area (Å²) in [5.74, 6) is 0.336. The van der Waals surface area contributed by atoms with Crippen molar-refractivity contribution in [2.45, 2.75) is 0 Å². The molecule has 1 atom stereocenters. The number of hydrogen-bond donors (Lipinski definition) is 1. The molecular weight excluding hydrogens is 178 g/mol. The Morgan fingerprint density at radius 3 is 3.00 bits per heavy atom. The van der Waals surface area contributed by atoms with Crippen LogP contribution in [0.5, 0.6) is 0 Å². The third kappa shape index (κ3) is 4.04. The summed E-state index contributed by atoms with van der Waals surface area (Å²) < 4.78 is 27.1. The van der Waals surface area contributed by atoms with Crippen LogP contribution in [0, 0.1) is 5.92 Å². The number of nitrogens with one attached hydrogen (secondary N) is 1. The molecule has 0 aromatic heterocycles. The SMILES string of the molecule is CS(=O)(=O)CC1CNCCOC1. The van der Waals surface area contributed by atoms with Gasteiger partial charge in [0.15, 0.2) is 0 Å². The van der Waals surface area contributed by atoms with Crippen molar-refractivity contribution in [2.75, 3.05) is 38.3 Å². The molecule has 1 aliphatic heterocycles. The van der Waals surface area contributed by atoms with E-state index < -0.39 is 9.84 Å². The molecule has 0 aromatic carbocycles. The molecule has 0 spiro atoms. The highest BCUT2D eigenvalue weighted by Crippen LogP contribution is 2.02. The van der Waals surface area contributed by atoms with Crippen LogP contribution >= 0.6 is 0 Å². The van der Waals surface area contributed by atoms with E-state index in [0.29, 0.717) is 13.2 Å². The quantitative estimate of drug-likeness (QED) is 0.628. The van der Waals surface area contributed by atoms with Gasteiger partial charge in [-0.05, 0) is 0 Å². The van der Waals surface area contributed by atoms with Gasteiger partial charge in [0.2, 0.25) is 0 Å². The van der Waals surface area contributed by atoms with E-state index in [1.54, 1.807) is 0 Å². The topological polar surface area (TPSA) is 55.4 Å². The molecule has 1 saturated heterocycles. The Bertz CT molecular complexity index is 217. The first-order valence-electron chi connectivity index (χ1n) is 4.04. The zero-order chi connectivity index (χ0) is 9.03. The lowest BCUT2D eigenvalue weighted by Gasteiger charge is -2.11. The molecule has 5 heteroatoms. The minimum atomic E-state index is -2.86. The number of ether oxygens (including phenoxy) is 1. The minimum Gasteiger partial charge on any atom is -0.380 e. The number of hydrogen-bond acceptors (Lipinski definition) is 4. The molecule has 0 saturated carbocycles. The lowest BCUT2D eigenvalue weighted by Crippen LogP contribution is -2.28. The number of sulfone groups is 1. The van der Waals surface area contributed by atoms with Crippen molar-refractivity contribution in [1.82, 2.24) is 5.32 Å². The van der Waals surface area contributed by atoms with Gasteiger partial charge in [-0.2, -0.15) is 0 Å². The molecule has 1 N–H and O–H groups in total. The fourth-order valence-corrected chi connectivity index (χ4v) is 2.37. The Hall–Kier alpha value is -0.130. The van der Waals surface area contributed by atoms with Crippen molar-refractivity contribution in [2.24, 2.45) is 5.92 Å². The lowest BCUT2D eigenvalue weighted by atomic mass is 10.2. The maximum atomic E-state index is 10.9. The van der Waals surface area contributed by atoms with E-state index in [2.05, 4.69) is 5.32 Å². The van der Waals surface area contributed by atoms with Crippen LogP contribution in [0.3, 0.4) is 0 Å². The zero-order valence-corrected chi connectivity index (χ0v) is 8.06. The smallest absolute Gasteiger partial charge is 0.147 e. The summed E-state index contributed by atoms with van der Waals surface area (Å²) in [5.41, 5.74) is 0. The Morgan fingerprint density at radius 2 is 2.33 bits per heavy atom. The third-order valence-electron chi connectivity index (χ3n) is 1.75. The van der Waals surface area contributed by atoms with E-state index in [-0.39, 0.29) is 11.7 Å². The first-order valence-corrected chi connectivity index (χ1v) is 6.10. The van der Waals surface area contributed by atoms with Crippen molar-refractivity contribution >= 4 is 9.84 Å². The molecular formula is C7H15NO3S. The molecule has 0 radical (unpaired) electrons. The van der Waals surface area contributed by atoms with E-state index in [4.69, 9.17) is 4.74 Å². The van der Waals surface area contributed by atoms with Crippen molar-refractivity contribution in [3.05, 3.63) is 0 Å². The first kappa shape index (κ1) is 9.95. The standard InChI is InChI=1S/C7H15NO3S/c1-12(9,10)6-7-4-8-2-3-11-5-7/h7-8H,2-6H2,1H3. The minimum absolute atomic E-state index is 0.113. The van der Waals surface area contributed by atoms with Gasteiger partial charge in [0.25, 0.3) is 0 Å². The van der Waals surface area contributed by atoms with Crippen LogP contribution in [0.2, 0.25) is 0 Å². The van der Waals surface area contributed by atoms with Crippen LogP contribution in [0.25, 0.3) is 0 Å². The summed E-state index contributed by atoms with van der Waals surface area (Å²) in [5, 5.41) is 3.13. The van der Waals surface area contributed by atoms with E-state index in [9.17, 15) is 8.42 Å². The molecule has 0 aliphatic carbocycles. The zero-order valence-electron chi connectivity index (χ0n) is 7.25. The maximum absolute atomic E-state index is 10.9. The van der Waals surface area contributed by atoms with Crippen LogP contribution in [0.15, 0.2) is 0 Å². The Labute approximate surface area is 73.2 Å². The van der Waals surface area contributed by atoms with Crippen LogP contribution in [-0.4, -0.2) is 46.7 Å². The largest absolute Gasteiger partial charge is 0.380 e. The fourth-order valence-electron chi connectivity index (χ4n) is 1.29. The van der Waals surface area contributed by atoms with E-state index >= 15 is 0 Å². The summed E-state index contributed by atoms with van der Waals surface area (Å²) in [6, 6.07) is 0. The van der Waals surface area contributed by atoms with Gasteiger partial charge in [-0.3, -0.25) is 0 Å². The normalized spacial score (nSPS) is 26.6. The molecule has 0 aromatic rings. The van der Waals surface area contributed by atoms with Crippen LogP contribution in [0.4, 0.5) is 0 Å². The van der Waals surface area contributed by atoms with E-state index in [1.165, 1.54) is 6.26 Å². The van der Waals surface area contributed by atoms with Crippen molar-refractivity contribution < 1.29 is 13.2 Å². The second-order valence-electron chi connectivity index (χ2n) is 3.24. The van der Waals surface area contributed by atoms with E-state index in [0.717, 1.165) is 13.1 Å². The Kier molecular flexibility index (Phi) is 3.49. The van der Waals surface area contributed by atoms with Crippen LogP contribution < -0.4 is 5.32 Å². The Balaban J connectivity index is 2.40. The molecule has 0 bridgehead atoms. The van der Waals surface area contributed by atoms with Crippen molar-refractivity contribution in [1.29, 1.82) is 0 Å². The molecule has 4 nitrogen and oxygen atoms in total. The second kappa shape index (κ2) is 4.20. The lowest BCUT2D eigenvalue weighted by molar-refractivity contribution is 0.129. The first-order chi connectivity index (χ1) is 5.58. The van der Waals surface area contributed by atoms with Gasteiger partial charge in [0.05, 0.1) is 19.0 Å². The van der Waals surface area contributed by atoms with Gasteiger partial charge in [0, 0.05) is 25.3 Å². The molecule has 72 valence electrons. The number of rotatable bonds is 2. The highest BCUT2D eigenvalue weighted by atomic mass is 32.2. The van der Waals surface area contributed by atoms with E-state index in [1.807, 2.05) is 0 Å². The van der Waals surface area contributed by atoms with Gasteiger partial charge in [0.1, 0.15) is 9.84 Å². The molecule has 1 heterocycles. The van der Waals surface area contributed by atoms with Gasteiger partial charge in [-0.1, -0.05) is 0 Å². The average molecular weight is 193 g/mol. The summed E-state index contributed by atoms with van der Waals surface area (Å²) in [6.45, 7) is 2.80. The average Bonchev–Trinajstić information content (AvgIpc) is 2.12. The molecule has 1 aliphatic rings. The van der Waals surface area contributed by atoms with Gasteiger partial charge in [-0.25, -0.2) is 8.42 Å². The summed E-state index contributed by atoms with van der Waals surface area (Å²) in [7, 11) is -2.86. The van der Waals surface area contributed by atoms with Crippen LogP contribution in [0.1, 0.15) is 0 Å². The Morgan fingerprint density at radius 1 is 1.58 bits per heavy atom. The van der Waals surface area contributed by atoms with Gasteiger partial charge < -0.3 is 10.1 Å². The molecule has 1 rings (SSSR count). The highest BCUT2D eigenvalue weighted by molar-refractivity contribution is 7.90. The predicted octanol–water partition coefficient (Wildman–Crippen LogP) is -0.733. The summed E-state index contributed by atoms with van der Waals surface area (Å²) in [4.78, 5) is 0. The molecule has 1 unspecified atom stereocenters. The fraction of sp³-hybridized carbons (Fsp3) is 1.00. The summed E-state index contributed by atoms with van der Waals surface area (Å²) >= 11 is 0. The van der Waals surface area contributed by atoms with Gasteiger partial charge >= 0.3 is 0 Å². The highest BCUT2D eigenvalue weighted by Gasteiger charge is 2.17. The predicted molar refractivity (Wildman–Crippen MR) is 46.9 cm³/mol. The third-order valence-corrected chi connectivity index (χ3v) is 2.83.